The molecule has 3 aromatic rings. The lowest BCUT2D eigenvalue weighted by Crippen LogP contribution is -2.27. The van der Waals surface area contributed by atoms with Crippen LogP contribution in [0.5, 0.6) is 5.75 Å². The highest BCUT2D eigenvalue weighted by Gasteiger charge is 2.14. The number of rotatable bonds is 7. The maximum Gasteiger partial charge on any atom is 0.228 e. The van der Waals surface area contributed by atoms with Crippen LogP contribution in [0.3, 0.4) is 0 Å². The summed E-state index contributed by atoms with van der Waals surface area (Å²) in [5, 5.41) is 3.41. The molecule has 1 heterocycles. The molecule has 0 bridgehead atoms. The van der Waals surface area contributed by atoms with E-state index in [2.05, 4.69) is 4.98 Å². The Morgan fingerprint density at radius 1 is 1.19 bits per heavy atom. The van der Waals surface area contributed by atoms with Gasteiger partial charge in [-0.25, -0.2) is 4.98 Å². The summed E-state index contributed by atoms with van der Waals surface area (Å²) in [7, 11) is 1.81. The van der Waals surface area contributed by atoms with Crippen molar-refractivity contribution < 1.29 is 9.53 Å². The second kappa shape index (κ2) is 9.02. The van der Waals surface area contributed by atoms with E-state index in [9.17, 15) is 4.79 Å². The lowest BCUT2D eigenvalue weighted by Gasteiger charge is -2.17. The number of likely N-dealkylation sites (N-methyl/N-ethyl adjacent to an activating group) is 1. The van der Waals surface area contributed by atoms with E-state index in [0.717, 1.165) is 27.6 Å². The number of ether oxygens (including phenoxy) is 1. The lowest BCUT2D eigenvalue weighted by molar-refractivity contribution is -0.129. The molecule has 0 saturated heterocycles. The monoisotopic (exact) mass is 400 g/mol. The van der Waals surface area contributed by atoms with Crippen LogP contribution in [0, 0.1) is 0 Å². The van der Waals surface area contributed by atoms with Gasteiger partial charge in [0, 0.05) is 24.5 Å². The largest absolute Gasteiger partial charge is 0.494 e. The quantitative estimate of drug-likeness (QED) is 0.556. The van der Waals surface area contributed by atoms with E-state index >= 15 is 0 Å². The molecule has 4 nitrogen and oxygen atoms in total. The van der Waals surface area contributed by atoms with Gasteiger partial charge in [0.25, 0.3) is 0 Å². The highest BCUT2D eigenvalue weighted by Crippen LogP contribution is 2.30. The summed E-state index contributed by atoms with van der Waals surface area (Å²) in [5.41, 5.74) is 2.72. The first-order valence-electron chi connectivity index (χ1n) is 8.72. The summed E-state index contributed by atoms with van der Waals surface area (Å²) in [6.07, 6.45) is 0.272. The third kappa shape index (κ3) is 5.08. The van der Waals surface area contributed by atoms with E-state index in [1.54, 1.807) is 11.9 Å². The summed E-state index contributed by atoms with van der Waals surface area (Å²) in [6, 6.07) is 15.4. The Labute approximate surface area is 168 Å². The predicted octanol–water partition coefficient (Wildman–Crippen LogP) is 5.06. The Bertz CT molecular complexity index is 909. The number of hydrogen-bond donors (Lipinski definition) is 0. The van der Waals surface area contributed by atoms with Gasteiger partial charge in [-0.15, -0.1) is 11.3 Å². The molecule has 0 saturated carbocycles. The molecule has 0 atom stereocenters. The highest BCUT2D eigenvalue weighted by molar-refractivity contribution is 7.13. The summed E-state index contributed by atoms with van der Waals surface area (Å²) >= 11 is 7.73. The Hall–Kier alpha value is -2.37. The van der Waals surface area contributed by atoms with Crippen LogP contribution in [0.25, 0.3) is 10.6 Å². The molecule has 1 aromatic heterocycles. The van der Waals surface area contributed by atoms with Gasteiger partial charge in [-0.3, -0.25) is 4.79 Å². The molecule has 0 aliphatic rings. The van der Waals surface area contributed by atoms with Crippen LogP contribution in [0.2, 0.25) is 5.02 Å². The van der Waals surface area contributed by atoms with E-state index in [-0.39, 0.29) is 12.3 Å². The van der Waals surface area contributed by atoms with Crippen molar-refractivity contribution in [2.75, 3.05) is 13.7 Å². The summed E-state index contributed by atoms with van der Waals surface area (Å²) < 4.78 is 5.44. The SMILES string of the molecule is CCOc1ccc(CN(C)C(=O)Cc2csc(-c3ccccc3Cl)n2)cc1. The molecule has 0 aliphatic carbocycles. The summed E-state index contributed by atoms with van der Waals surface area (Å²) in [6.45, 7) is 3.14. The fraction of sp³-hybridized carbons (Fsp3) is 0.238. The zero-order valence-corrected chi connectivity index (χ0v) is 16.9. The minimum Gasteiger partial charge on any atom is -0.494 e. The first-order valence-corrected chi connectivity index (χ1v) is 9.97. The fourth-order valence-electron chi connectivity index (χ4n) is 2.66. The topological polar surface area (TPSA) is 42.4 Å². The number of thiazole rings is 1. The van der Waals surface area contributed by atoms with E-state index in [4.69, 9.17) is 16.3 Å². The van der Waals surface area contributed by atoms with E-state index in [1.165, 1.54) is 11.3 Å². The van der Waals surface area contributed by atoms with Crippen molar-refractivity contribution in [3.63, 3.8) is 0 Å². The average molecular weight is 401 g/mol. The van der Waals surface area contributed by atoms with Gasteiger partial charge in [0.15, 0.2) is 0 Å². The first kappa shape index (κ1) is 19.4. The Kier molecular flexibility index (Phi) is 6.48. The van der Waals surface area contributed by atoms with E-state index in [1.807, 2.05) is 60.8 Å². The van der Waals surface area contributed by atoms with Gasteiger partial charge in [0.2, 0.25) is 5.91 Å². The predicted molar refractivity (Wildman–Crippen MR) is 110 cm³/mol. The van der Waals surface area contributed by atoms with Crippen LogP contribution in [-0.4, -0.2) is 29.4 Å². The molecule has 0 unspecified atom stereocenters. The van der Waals surface area contributed by atoms with Crippen LogP contribution in [0.4, 0.5) is 0 Å². The Balaban J connectivity index is 1.61. The maximum atomic E-state index is 12.5. The summed E-state index contributed by atoms with van der Waals surface area (Å²) in [5.74, 6) is 0.865. The van der Waals surface area contributed by atoms with Crippen LogP contribution in [-0.2, 0) is 17.8 Å². The van der Waals surface area contributed by atoms with Crippen molar-refractivity contribution in [2.24, 2.45) is 0 Å². The molecule has 0 fully saturated rings. The molecular formula is C21H21ClN2O2S. The minimum absolute atomic E-state index is 0.0277. The standard InChI is InChI=1S/C21H21ClN2O2S/c1-3-26-17-10-8-15(9-11-17)13-24(2)20(25)12-16-14-27-21(23-16)18-6-4-5-7-19(18)22/h4-11,14H,3,12-13H2,1-2H3. The molecule has 3 rings (SSSR count). The van der Waals surface area contributed by atoms with Gasteiger partial charge in [-0.05, 0) is 30.7 Å². The third-order valence-corrected chi connectivity index (χ3v) is 5.32. The zero-order valence-electron chi connectivity index (χ0n) is 15.3. The van der Waals surface area contributed by atoms with Gasteiger partial charge in [0.05, 0.1) is 23.7 Å². The van der Waals surface area contributed by atoms with Crippen molar-refractivity contribution in [3.8, 4) is 16.3 Å². The van der Waals surface area contributed by atoms with E-state index in [0.29, 0.717) is 18.2 Å². The number of aromatic nitrogens is 1. The molecule has 1 amide bonds. The van der Waals surface area contributed by atoms with Crippen molar-refractivity contribution in [1.82, 2.24) is 9.88 Å². The van der Waals surface area contributed by atoms with Crippen molar-refractivity contribution >= 4 is 28.8 Å². The minimum atomic E-state index is 0.0277. The van der Waals surface area contributed by atoms with Gasteiger partial charge in [-0.1, -0.05) is 41.9 Å². The molecule has 0 N–H and O–H groups in total. The number of carbonyl (C=O) groups is 1. The first-order chi connectivity index (χ1) is 13.1. The van der Waals surface area contributed by atoms with Crippen LogP contribution >= 0.6 is 22.9 Å². The Morgan fingerprint density at radius 3 is 2.63 bits per heavy atom. The number of carbonyl (C=O) groups excluding carboxylic acids is 1. The van der Waals surface area contributed by atoms with Crippen molar-refractivity contribution in [2.45, 2.75) is 19.9 Å². The molecule has 2 aromatic carbocycles. The second-order valence-corrected chi connectivity index (χ2v) is 7.39. The molecule has 6 heteroatoms. The molecule has 0 aliphatic heterocycles. The highest BCUT2D eigenvalue weighted by atomic mass is 35.5. The molecule has 140 valence electrons. The van der Waals surface area contributed by atoms with Crippen LogP contribution in [0.15, 0.2) is 53.9 Å². The smallest absolute Gasteiger partial charge is 0.228 e. The molecule has 0 spiro atoms. The number of benzene rings is 2. The van der Waals surface area contributed by atoms with E-state index < -0.39 is 0 Å². The normalized spacial score (nSPS) is 10.6. The second-order valence-electron chi connectivity index (χ2n) is 6.13. The maximum absolute atomic E-state index is 12.5. The number of halogens is 1. The fourth-order valence-corrected chi connectivity index (χ4v) is 3.80. The third-order valence-electron chi connectivity index (χ3n) is 4.07. The lowest BCUT2D eigenvalue weighted by atomic mass is 10.2. The number of hydrogen-bond acceptors (Lipinski definition) is 4. The molecule has 0 radical (unpaired) electrons. The van der Waals surface area contributed by atoms with Crippen molar-refractivity contribution in [1.29, 1.82) is 0 Å². The average Bonchev–Trinajstić information content (AvgIpc) is 3.12. The van der Waals surface area contributed by atoms with Gasteiger partial charge >= 0.3 is 0 Å². The van der Waals surface area contributed by atoms with Crippen LogP contribution in [0.1, 0.15) is 18.2 Å². The Morgan fingerprint density at radius 2 is 1.93 bits per heavy atom. The number of amides is 1. The van der Waals surface area contributed by atoms with Gasteiger partial charge < -0.3 is 9.64 Å². The van der Waals surface area contributed by atoms with Crippen LogP contribution < -0.4 is 4.74 Å². The zero-order chi connectivity index (χ0) is 19.2. The number of nitrogens with zero attached hydrogens (tertiary/aromatic N) is 2. The summed E-state index contributed by atoms with van der Waals surface area (Å²) in [4.78, 5) is 18.8. The molecule has 27 heavy (non-hydrogen) atoms. The molecular weight excluding hydrogens is 380 g/mol. The van der Waals surface area contributed by atoms with Crippen molar-refractivity contribution in [3.05, 3.63) is 70.2 Å². The van der Waals surface area contributed by atoms with Gasteiger partial charge in [-0.2, -0.15) is 0 Å². The van der Waals surface area contributed by atoms with Gasteiger partial charge in [0.1, 0.15) is 10.8 Å².